The number of aromatic nitrogens is 2. The second-order valence-electron chi connectivity index (χ2n) is 8.61. The fraction of sp³-hybridized carbons (Fsp3) is 0.370. The fourth-order valence-electron chi connectivity index (χ4n) is 4.21. The second kappa shape index (κ2) is 11.8. The molecule has 35 heavy (non-hydrogen) atoms. The Kier molecular flexibility index (Phi) is 8.28. The molecule has 1 aromatic heterocycles. The highest BCUT2D eigenvalue weighted by molar-refractivity contribution is 6.09. The van der Waals surface area contributed by atoms with Gasteiger partial charge in [0, 0.05) is 38.6 Å². The first-order valence-electron chi connectivity index (χ1n) is 12.1. The number of anilines is 3. The summed E-state index contributed by atoms with van der Waals surface area (Å²) >= 11 is 0. The monoisotopic (exact) mass is 474 g/mol. The van der Waals surface area contributed by atoms with Crippen LogP contribution < -0.4 is 20.4 Å². The number of likely N-dealkylation sites (N-methyl/N-ethyl adjacent to an activating group) is 1. The third-order valence-electron chi connectivity index (χ3n) is 6.10. The molecule has 0 aliphatic carbocycles. The van der Waals surface area contributed by atoms with Crippen molar-refractivity contribution in [2.75, 3.05) is 55.4 Å². The Labute approximate surface area is 207 Å². The summed E-state index contributed by atoms with van der Waals surface area (Å²) in [4.78, 5) is 26.2. The SMILES string of the molecule is CCNc1ncc2c(n1)N(C)CCN(c1cccc(CO[C@@H](CCNC)c3ccccc3)c1)C2=O. The first-order chi connectivity index (χ1) is 17.1. The summed E-state index contributed by atoms with van der Waals surface area (Å²) in [5, 5.41) is 6.33. The number of nitrogens with one attached hydrogen (secondary N) is 2. The average Bonchev–Trinajstić information content (AvgIpc) is 3.01. The third-order valence-corrected chi connectivity index (χ3v) is 6.10. The van der Waals surface area contributed by atoms with Crippen LogP contribution in [0.5, 0.6) is 0 Å². The molecule has 8 nitrogen and oxygen atoms in total. The molecule has 184 valence electrons. The lowest BCUT2D eigenvalue weighted by Crippen LogP contribution is -2.33. The van der Waals surface area contributed by atoms with Gasteiger partial charge in [0.1, 0.15) is 11.4 Å². The maximum atomic E-state index is 13.5. The van der Waals surface area contributed by atoms with E-state index in [2.05, 4.69) is 32.7 Å². The van der Waals surface area contributed by atoms with Crippen molar-refractivity contribution in [3.05, 3.63) is 77.5 Å². The smallest absolute Gasteiger partial charge is 0.263 e. The van der Waals surface area contributed by atoms with Gasteiger partial charge in [-0.15, -0.1) is 0 Å². The maximum Gasteiger partial charge on any atom is 0.263 e. The van der Waals surface area contributed by atoms with Crippen LogP contribution in [0.25, 0.3) is 0 Å². The number of hydrogen-bond donors (Lipinski definition) is 2. The molecule has 0 unspecified atom stereocenters. The summed E-state index contributed by atoms with van der Waals surface area (Å²) in [6.07, 6.45) is 2.50. The van der Waals surface area contributed by atoms with Crippen LogP contribution in [0.4, 0.5) is 17.5 Å². The Balaban J connectivity index is 1.52. The number of ether oxygens (including phenoxy) is 1. The highest BCUT2D eigenvalue weighted by Gasteiger charge is 2.28. The molecule has 1 atom stereocenters. The minimum absolute atomic E-state index is 0.00396. The summed E-state index contributed by atoms with van der Waals surface area (Å²) in [5.74, 6) is 1.09. The summed E-state index contributed by atoms with van der Waals surface area (Å²) in [6.45, 7) is 5.27. The van der Waals surface area contributed by atoms with E-state index in [4.69, 9.17) is 4.74 Å². The van der Waals surface area contributed by atoms with Crippen LogP contribution in [-0.4, -0.2) is 56.1 Å². The molecule has 2 N–H and O–H groups in total. The Hall–Kier alpha value is -3.49. The Morgan fingerprint density at radius 2 is 1.94 bits per heavy atom. The molecule has 2 aromatic carbocycles. The minimum atomic E-state index is -0.0957. The average molecular weight is 475 g/mol. The first-order valence-corrected chi connectivity index (χ1v) is 12.1. The Morgan fingerprint density at radius 1 is 1.11 bits per heavy atom. The zero-order chi connectivity index (χ0) is 24.6. The van der Waals surface area contributed by atoms with E-state index in [9.17, 15) is 4.79 Å². The molecule has 0 radical (unpaired) electrons. The van der Waals surface area contributed by atoms with E-state index in [1.54, 1.807) is 11.1 Å². The van der Waals surface area contributed by atoms with E-state index in [-0.39, 0.29) is 12.0 Å². The zero-order valence-corrected chi connectivity index (χ0v) is 20.7. The van der Waals surface area contributed by atoms with Crippen molar-refractivity contribution in [3.8, 4) is 0 Å². The second-order valence-corrected chi connectivity index (χ2v) is 8.61. The molecular weight excluding hydrogens is 440 g/mol. The fourth-order valence-corrected chi connectivity index (χ4v) is 4.21. The van der Waals surface area contributed by atoms with Gasteiger partial charge in [-0.1, -0.05) is 42.5 Å². The van der Waals surface area contributed by atoms with Crippen LogP contribution in [0.2, 0.25) is 0 Å². The van der Waals surface area contributed by atoms with Crippen molar-refractivity contribution in [2.24, 2.45) is 0 Å². The highest BCUT2D eigenvalue weighted by Crippen LogP contribution is 2.28. The van der Waals surface area contributed by atoms with E-state index in [0.29, 0.717) is 37.0 Å². The number of benzene rings is 2. The number of rotatable bonds is 10. The lowest BCUT2D eigenvalue weighted by Gasteiger charge is -2.22. The molecular formula is C27H34N6O2. The van der Waals surface area contributed by atoms with Crippen LogP contribution in [0.1, 0.15) is 40.9 Å². The maximum absolute atomic E-state index is 13.5. The minimum Gasteiger partial charge on any atom is -0.369 e. The van der Waals surface area contributed by atoms with E-state index in [1.165, 1.54) is 0 Å². The van der Waals surface area contributed by atoms with Gasteiger partial charge in [0.15, 0.2) is 0 Å². The lowest BCUT2D eigenvalue weighted by molar-refractivity contribution is 0.0344. The van der Waals surface area contributed by atoms with Crippen molar-refractivity contribution in [1.82, 2.24) is 15.3 Å². The number of fused-ring (bicyclic) bond motifs is 1. The molecule has 4 rings (SSSR count). The van der Waals surface area contributed by atoms with E-state index >= 15 is 0 Å². The van der Waals surface area contributed by atoms with Crippen molar-refractivity contribution in [2.45, 2.75) is 26.1 Å². The number of carbonyl (C=O) groups excluding carboxylic acids is 1. The standard InChI is InChI=1S/C27H34N6O2/c1-4-29-27-30-18-23-25(31-27)32(3)15-16-33(26(23)34)22-12-8-9-20(17-22)19-35-24(13-14-28-2)21-10-6-5-7-11-21/h5-12,17-18,24,28H,4,13-16,19H2,1-3H3,(H,29,30,31)/t24-/m0/s1. The zero-order valence-electron chi connectivity index (χ0n) is 20.7. The van der Waals surface area contributed by atoms with Crippen molar-refractivity contribution in [1.29, 1.82) is 0 Å². The van der Waals surface area contributed by atoms with Crippen molar-refractivity contribution in [3.63, 3.8) is 0 Å². The molecule has 1 aliphatic heterocycles. The molecule has 8 heteroatoms. The van der Waals surface area contributed by atoms with Gasteiger partial charge >= 0.3 is 0 Å². The lowest BCUT2D eigenvalue weighted by atomic mass is 10.1. The predicted molar refractivity (Wildman–Crippen MR) is 140 cm³/mol. The van der Waals surface area contributed by atoms with E-state index < -0.39 is 0 Å². The van der Waals surface area contributed by atoms with Crippen molar-refractivity contribution < 1.29 is 9.53 Å². The molecule has 0 spiro atoms. The van der Waals surface area contributed by atoms with Crippen LogP contribution >= 0.6 is 0 Å². The van der Waals surface area contributed by atoms with Gasteiger partial charge in [0.25, 0.3) is 5.91 Å². The van der Waals surface area contributed by atoms with Gasteiger partial charge in [0.05, 0.1) is 12.7 Å². The number of nitrogens with zero attached hydrogens (tertiary/aromatic N) is 4. The van der Waals surface area contributed by atoms with Gasteiger partial charge in [-0.05, 0) is 50.2 Å². The number of hydrogen-bond acceptors (Lipinski definition) is 7. The summed E-state index contributed by atoms with van der Waals surface area (Å²) in [7, 11) is 3.91. The topological polar surface area (TPSA) is 82.6 Å². The Morgan fingerprint density at radius 3 is 2.71 bits per heavy atom. The number of amides is 1. The van der Waals surface area contributed by atoms with Gasteiger partial charge in [-0.2, -0.15) is 4.98 Å². The van der Waals surface area contributed by atoms with Crippen LogP contribution in [0.15, 0.2) is 60.8 Å². The molecule has 0 bridgehead atoms. The first kappa shape index (κ1) is 24.6. The third kappa shape index (κ3) is 5.96. The van der Waals surface area contributed by atoms with Crippen LogP contribution in [0, 0.1) is 0 Å². The summed E-state index contributed by atoms with van der Waals surface area (Å²) in [5.41, 5.74) is 3.54. The molecule has 0 saturated carbocycles. The quantitative estimate of drug-likeness (QED) is 0.462. The molecule has 0 saturated heterocycles. The molecule has 2 heterocycles. The van der Waals surface area contributed by atoms with Crippen LogP contribution in [0.3, 0.4) is 0 Å². The van der Waals surface area contributed by atoms with Gasteiger partial charge in [-0.3, -0.25) is 4.79 Å². The normalized spacial score (nSPS) is 14.4. The van der Waals surface area contributed by atoms with Gasteiger partial charge < -0.3 is 25.2 Å². The summed E-state index contributed by atoms with van der Waals surface area (Å²) < 4.78 is 6.34. The predicted octanol–water partition coefficient (Wildman–Crippen LogP) is 3.87. The number of carbonyl (C=O) groups is 1. The molecule has 0 fully saturated rings. The Bertz CT molecular complexity index is 1120. The van der Waals surface area contributed by atoms with E-state index in [1.807, 2.05) is 68.4 Å². The summed E-state index contributed by atoms with van der Waals surface area (Å²) in [6, 6.07) is 18.3. The van der Waals surface area contributed by atoms with Gasteiger partial charge in [-0.25, -0.2) is 4.98 Å². The molecule has 1 amide bonds. The van der Waals surface area contributed by atoms with Crippen molar-refractivity contribution >= 4 is 23.4 Å². The van der Waals surface area contributed by atoms with Crippen LogP contribution in [-0.2, 0) is 11.3 Å². The largest absolute Gasteiger partial charge is 0.369 e. The molecule has 1 aliphatic rings. The highest BCUT2D eigenvalue weighted by atomic mass is 16.5. The van der Waals surface area contributed by atoms with Gasteiger partial charge in [0.2, 0.25) is 5.95 Å². The molecule has 3 aromatic rings. The van der Waals surface area contributed by atoms with E-state index in [0.717, 1.165) is 36.3 Å².